The molecule has 1 fully saturated rings. The Morgan fingerprint density at radius 3 is 3.18 bits per heavy atom. The number of aryl methyl sites for hydroxylation is 1. The molecule has 2 heterocycles. The Bertz CT molecular complexity index is 337. The highest BCUT2D eigenvalue weighted by atomic mass is 16.5. The third kappa shape index (κ3) is 2.87. The molecule has 4 heteroatoms. The van der Waals surface area contributed by atoms with E-state index >= 15 is 0 Å². The third-order valence-electron chi connectivity index (χ3n) is 3.37. The van der Waals surface area contributed by atoms with Gasteiger partial charge >= 0.3 is 0 Å². The monoisotopic (exact) mass is 237 g/mol. The number of nitrogens with zero attached hydrogens (tertiary/aromatic N) is 2. The van der Waals surface area contributed by atoms with Gasteiger partial charge in [0, 0.05) is 25.6 Å². The maximum absolute atomic E-state index is 5.89. The van der Waals surface area contributed by atoms with E-state index in [4.69, 9.17) is 4.74 Å². The topological polar surface area (TPSA) is 39.1 Å². The molecule has 0 saturated carbocycles. The first-order valence-corrected chi connectivity index (χ1v) is 6.69. The van der Waals surface area contributed by atoms with E-state index in [0.717, 1.165) is 39.1 Å². The van der Waals surface area contributed by atoms with E-state index in [-0.39, 0.29) is 6.10 Å². The van der Waals surface area contributed by atoms with Crippen LogP contribution in [-0.4, -0.2) is 29.2 Å². The van der Waals surface area contributed by atoms with E-state index in [0.29, 0.717) is 5.92 Å². The van der Waals surface area contributed by atoms with Crippen molar-refractivity contribution < 1.29 is 4.74 Å². The molecule has 1 aliphatic rings. The summed E-state index contributed by atoms with van der Waals surface area (Å²) in [6.45, 7) is 8.30. The van der Waals surface area contributed by atoms with Crippen LogP contribution >= 0.6 is 0 Å². The van der Waals surface area contributed by atoms with Crippen molar-refractivity contribution in [2.45, 2.75) is 39.3 Å². The van der Waals surface area contributed by atoms with Gasteiger partial charge < -0.3 is 14.6 Å². The van der Waals surface area contributed by atoms with Gasteiger partial charge in [-0.3, -0.25) is 0 Å². The molecular formula is C13H23N3O. The minimum absolute atomic E-state index is 0.225. The fourth-order valence-electron chi connectivity index (χ4n) is 2.50. The lowest BCUT2D eigenvalue weighted by Gasteiger charge is -2.20. The van der Waals surface area contributed by atoms with E-state index in [9.17, 15) is 0 Å². The summed E-state index contributed by atoms with van der Waals surface area (Å²) in [5.41, 5.74) is 1.24. The Balaban J connectivity index is 2.06. The van der Waals surface area contributed by atoms with Crippen LogP contribution in [0.2, 0.25) is 0 Å². The molecule has 1 aliphatic heterocycles. The van der Waals surface area contributed by atoms with Gasteiger partial charge in [0.1, 0.15) is 6.10 Å². The van der Waals surface area contributed by atoms with Crippen LogP contribution in [0.3, 0.4) is 0 Å². The van der Waals surface area contributed by atoms with E-state index < -0.39 is 0 Å². The number of nitrogens with one attached hydrogen (secondary N) is 1. The molecule has 2 rings (SSSR count). The number of ether oxygens (including phenoxy) is 1. The van der Waals surface area contributed by atoms with Gasteiger partial charge in [0.2, 0.25) is 0 Å². The minimum Gasteiger partial charge on any atom is -0.372 e. The number of imidazole rings is 1. The zero-order chi connectivity index (χ0) is 12.1. The lowest BCUT2D eigenvalue weighted by molar-refractivity contribution is 0.0840. The van der Waals surface area contributed by atoms with Crippen LogP contribution < -0.4 is 5.32 Å². The fourth-order valence-corrected chi connectivity index (χ4v) is 2.50. The normalized spacial score (nSPS) is 24.4. The summed E-state index contributed by atoms with van der Waals surface area (Å²) in [7, 11) is 0. The molecule has 0 aromatic carbocycles. The molecule has 17 heavy (non-hydrogen) atoms. The molecule has 0 spiro atoms. The number of aromatic nitrogens is 2. The van der Waals surface area contributed by atoms with Gasteiger partial charge in [-0.05, 0) is 19.4 Å². The average Bonchev–Trinajstić information content (AvgIpc) is 2.94. The largest absolute Gasteiger partial charge is 0.372 e. The Kier molecular flexibility index (Phi) is 4.57. The summed E-state index contributed by atoms with van der Waals surface area (Å²) in [6.07, 6.45) is 6.39. The van der Waals surface area contributed by atoms with Crippen molar-refractivity contribution in [2.75, 3.05) is 19.7 Å². The summed E-state index contributed by atoms with van der Waals surface area (Å²) in [5.74, 6) is 0.585. The zero-order valence-electron chi connectivity index (χ0n) is 10.9. The molecule has 2 atom stereocenters. The van der Waals surface area contributed by atoms with E-state index in [2.05, 4.69) is 28.7 Å². The molecule has 1 aromatic heterocycles. The Morgan fingerprint density at radius 1 is 1.53 bits per heavy atom. The average molecular weight is 237 g/mol. The summed E-state index contributed by atoms with van der Waals surface area (Å²) in [6, 6.07) is 0. The summed E-state index contributed by atoms with van der Waals surface area (Å²) < 4.78 is 8.12. The second kappa shape index (κ2) is 6.17. The highest BCUT2D eigenvalue weighted by molar-refractivity contribution is 5.06. The van der Waals surface area contributed by atoms with Gasteiger partial charge in [-0.15, -0.1) is 0 Å². The Morgan fingerprint density at radius 2 is 2.41 bits per heavy atom. The van der Waals surface area contributed by atoms with Crippen LogP contribution in [0.15, 0.2) is 12.5 Å². The predicted octanol–water partition coefficient (Wildman–Crippen LogP) is 1.98. The van der Waals surface area contributed by atoms with Crippen LogP contribution in [0.1, 0.15) is 38.5 Å². The number of hydrogen-bond acceptors (Lipinski definition) is 3. The van der Waals surface area contributed by atoms with Crippen LogP contribution in [0, 0.1) is 5.92 Å². The maximum atomic E-state index is 5.89. The standard InChI is InChI=1S/C13H23N3O/c1-3-6-16-10-15-9-12(16)13-11(5-7-17-13)8-14-4-2/h9-11,13-14H,3-8H2,1-2H3. The molecule has 1 N–H and O–H groups in total. The molecule has 0 radical (unpaired) electrons. The SMILES string of the molecule is CCCn1cncc1C1OCCC1CNCC. The van der Waals surface area contributed by atoms with Crippen molar-refractivity contribution in [3.05, 3.63) is 18.2 Å². The fraction of sp³-hybridized carbons (Fsp3) is 0.769. The van der Waals surface area contributed by atoms with Crippen LogP contribution in [0.25, 0.3) is 0 Å². The molecule has 1 saturated heterocycles. The Hall–Kier alpha value is -0.870. The first-order chi connectivity index (χ1) is 8.36. The summed E-state index contributed by atoms with van der Waals surface area (Å²) in [5, 5.41) is 3.42. The lowest BCUT2D eigenvalue weighted by atomic mass is 9.99. The van der Waals surface area contributed by atoms with Crippen molar-refractivity contribution >= 4 is 0 Å². The molecule has 2 unspecified atom stereocenters. The highest BCUT2D eigenvalue weighted by Crippen LogP contribution is 2.33. The van der Waals surface area contributed by atoms with Crippen molar-refractivity contribution in [1.29, 1.82) is 0 Å². The number of hydrogen-bond donors (Lipinski definition) is 1. The van der Waals surface area contributed by atoms with Gasteiger partial charge in [0.05, 0.1) is 18.2 Å². The van der Waals surface area contributed by atoms with Crippen molar-refractivity contribution in [3.63, 3.8) is 0 Å². The molecule has 1 aromatic rings. The van der Waals surface area contributed by atoms with Gasteiger partial charge in [-0.2, -0.15) is 0 Å². The minimum atomic E-state index is 0.225. The Labute approximate surface area is 103 Å². The molecule has 0 bridgehead atoms. The van der Waals surface area contributed by atoms with E-state index in [1.807, 2.05) is 12.5 Å². The van der Waals surface area contributed by atoms with Gasteiger partial charge in [-0.25, -0.2) is 4.98 Å². The first kappa shape index (κ1) is 12.6. The summed E-state index contributed by atoms with van der Waals surface area (Å²) in [4.78, 5) is 4.26. The van der Waals surface area contributed by atoms with E-state index in [1.165, 1.54) is 5.69 Å². The van der Waals surface area contributed by atoms with E-state index in [1.54, 1.807) is 0 Å². The van der Waals surface area contributed by atoms with Gasteiger partial charge in [0.15, 0.2) is 0 Å². The van der Waals surface area contributed by atoms with Gasteiger partial charge in [0.25, 0.3) is 0 Å². The molecule has 0 amide bonds. The summed E-state index contributed by atoms with van der Waals surface area (Å²) >= 11 is 0. The maximum Gasteiger partial charge on any atom is 0.103 e. The highest BCUT2D eigenvalue weighted by Gasteiger charge is 2.31. The van der Waals surface area contributed by atoms with Crippen molar-refractivity contribution in [2.24, 2.45) is 5.92 Å². The predicted molar refractivity (Wildman–Crippen MR) is 67.9 cm³/mol. The van der Waals surface area contributed by atoms with Crippen molar-refractivity contribution in [3.8, 4) is 0 Å². The zero-order valence-corrected chi connectivity index (χ0v) is 10.9. The smallest absolute Gasteiger partial charge is 0.103 e. The van der Waals surface area contributed by atoms with Crippen molar-refractivity contribution in [1.82, 2.24) is 14.9 Å². The molecule has 96 valence electrons. The first-order valence-electron chi connectivity index (χ1n) is 6.69. The second-order valence-corrected chi connectivity index (χ2v) is 4.66. The van der Waals surface area contributed by atoms with Crippen LogP contribution in [0.4, 0.5) is 0 Å². The van der Waals surface area contributed by atoms with Gasteiger partial charge in [-0.1, -0.05) is 13.8 Å². The molecular weight excluding hydrogens is 214 g/mol. The molecule has 0 aliphatic carbocycles. The second-order valence-electron chi connectivity index (χ2n) is 4.66. The van der Waals surface area contributed by atoms with Crippen LogP contribution in [0.5, 0.6) is 0 Å². The molecule has 4 nitrogen and oxygen atoms in total. The quantitative estimate of drug-likeness (QED) is 0.822. The third-order valence-corrected chi connectivity index (χ3v) is 3.37. The number of rotatable bonds is 6. The van der Waals surface area contributed by atoms with Crippen LogP contribution in [-0.2, 0) is 11.3 Å². The lowest BCUT2D eigenvalue weighted by Crippen LogP contribution is -2.25.